The lowest BCUT2D eigenvalue weighted by molar-refractivity contribution is -0.126. The van der Waals surface area contributed by atoms with E-state index in [2.05, 4.69) is 11.2 Å². The minimum atomic E-state index is -0.668. The highest BCUT2D eigenvalue weighted by atomic mass is 16.5. The summed E-state index contributed by atoms with van der Waals surface area (Å²) in [7, 11) is 0. The second-order valence-corrected chi connectivity index (χ2v) is 4.11. The summed E-state index contributed by atoms with van der Waals surface area (Å²) < 4.78 is 5.47. The predicted octanol–water partition coefficient (Wildman–Crippen LogP) is 0.757. The molecule has 0 spiro atoms. The van der Waals surface area contributed by atoms with Crippen molar-refractivity contribution in [1.29, 1.82) is 0 Å². The van der Waals surface area contributed by atoms with E-state index in [0.29, 0.717) is 6.61 Å². The van der Waals surface area contributed by atoms with Crippen molar-refractivity contribution in [3.05, 3.63) is 35.9 Å². The number of hydrogen-bond donors (Lipinski definition) is 1. The van der Waals surface area contributed by atoms with Crippen LogP contribution in [0.25, 0.3) is 0 Å². The lowest BCUT2D eigenvalue weighted by Crippen LogP contribution is -2.42. The van der Waals surface area contributed by atoms with Crippen molar-refractivity contribution < 1.29 is 14.3 Å². The first-order valence-electron chi connectivity index (χ1n) is 5.90. The molecule has 1 aliphatic rings. The Labute approximate surface area is 111 Å². The number of ether oxygens (including phenoxy) is 1. The second kappa shape index (κ2) is 6.03. The van der Waals surface area contributed by atoms with Crippen LogP contribution in [0.5, 0.6) is 0 Å². The summed E-state index contributed by atoms with van der Waals surface area (Å²) in [6.07, 6.45) is 5.35. The monoisotopic (exact) mass is 258 g/mol. The SMILES string of the molecule is C#CC(COCc1ccccc1)N1C(=O)CNC1=O. The van der Waals surface area contributed by atoms with Crippen molar-refractivity contribution in [1.82, 2.24) is 10.2 Å². The number of imide groups is 1. The molecule has 3 amide bonds. The number of urea groups is 1. The zero-order valence-corrected chi connectivity index (χ0v) is 10.3. The molecule has 5 nitrogen and oxygen atoms in total. The van der Waals surface area contributed by atoms with Crippen LogP contribution in [0.4, 0.5) is 4.79 Å². The molecule has 5 heteroatoms. The van der Waals surface area contributed by atoms with Crippen LogP contribution in [0.1, 0.15) is 5.56 Å². The predicted molar refractivity (Wildman–Crippen MR) is 69.0 cm³/mol. The van der Waals surface area contributed by atoms with E-state index in [1.165, 1.54) is 0 Å². The Hall–Kier alpha value is -2.32. The lowest BCUT2D eigenvalue weighted by atomic mass is 10.2. The standard InChI is InChI=1S/C14H14N2O3/c1-2-12(16-13(17)8-15-14(16)18)10-19-9-11-6-4-3-5-7-11/h1,3-7,12H,8-10H2,(H,15,18). The van der Waals surface area contributed by atoms with Gasteiger partial charge in [-0.05, 0) is 5.56 Å². The Kier molecular flexibility index (Phi) is 4.16. The molecular formula is C14H14N2O3. The van der Waals surface area contributed by atoms with Crippen LogP contribution in [-0.2, 0) is 16.1 Å². The lowest BCUT2D eigenvalue weighted by Gasteiger charge is -2.20. The van der Waals surface area contributed by atoms with Gasteiger partial charge in [-0.3, -0.25) is 4.79 Å². The summed E-state index contributed by atoms with van der Waals surface area (Å²) in [5.41, 5.74) is 1.01. The number of terminal acetylenes is 1. The van der Waals surface area contributed by atoms with E-state index in [9.17, 15) is 9.59 Å². The molecule has 2 rings (SSSR count). The van der Waals surface area contributed by atoms with Crippen molar-refractivity contribution in [2.24, 2.45) is 0 Å². The minimum Gasteiger partial charge on any atom is -0.374 e. The molecule has 1 aromatic carbocycles. The summed E-state index contributed by atoms with van der Waals surface area (Å²) in [4.78, 5) is 24.0. The number of nitrogens with one attached hydrogen (secondary N) is 1. The molecule has 0 aliphatic carbocycles. The fourth-order valence-electron chi connectivity index (χ4n) is 1.81. The topological polar surface area (TPSA) is 58.6 Å². The Morgan fingerprint density at radius 3 is 2.68 bits per heavy atom. The maximum atomic E-state index is 11.5. The Balaban J connectivity index is 1.88. The molecule has 1 saturated heterocycles. The Morgan fingerprint density at radius 1 is 1.37 bits per heavy atom. The van der Waals surface area contributed by atoms with E-state index < -0.39 is 12.1 Å². The highest BCUT2D eigenvalue weighted by Crippen LogP contribution is 2.08. The third-order valence-corrected chi connectivity index (χ3v) is 2.77. The van der Waals surface area contributed by atoms with Gasteiger partial charge in [-0.1, -0.05) is 36.3 Å². The molecule has 0 radical (unpaired) electrons. The molecule has 0 aromatic heterocycles. The first-order chi connectivity index (χ1) is 9.22. The van der Waals surface area contributed by atoms with Gasteiger partial charge in [0.05, 0.1) is 19.8 Å². The van der Waals surface area contributed by atoms with Gasteiger partial charge in [0, 0.05) is 0 Å². The number of benzene rings is 1. The van der Waals surface area contributed by atoms with Crippen molar-refractivity contribution in [3.8, 4) is 12.3 Å². The third-order valence-electron chi connectivity index (χ3n) is 2.77. The molecule has 1 aromatic rings. The van der Waals surface area contributed by atoms with E-state index >= 15 is 0 Å². The van der Waals surface area contributed by atoms with Crippen LogP contribution in [0.2, 0.25) is 0 Å². The van der Waals surface area contributed by atoms with Gasteiger partial charge < -0.3 is 10.1 Å². The highest BCUT2D eigenvalue weighted by molar-refractivity contribution is 6.02. The number of amides is 3. The molecule has 1 fully saturated rings. The average molecular weight is 258 g/mol. The van der Waals surface area contributed by atoms with Gasteiger partial charge >= 0.3 is 6.03 Å². The maximum absolute atomic E-state index is 11.5. The molecular weight excluding hydrogens is 244 g/mol. The highest BCUT2D eigenvalue weighted by Gasteiger charge is 2.34. The van der Waals surface area contributed by atoms with Gasteiger partial charge in [0.2, 0.25) is 0 Å². The van der Waals surface area contributed by atoms with Gasteiger partial charge in [0.1, 0.15) is 6.04 Å². The molecule has 1 unspecified atom stereocenters. The molecule has 0 bridgehead atoms. The first-order valence-corrected chi connectivity index (χ1v) is 5.90. The fraction of sp³-hybridized carbons (Fsp3) is 0.286. The largest absolute Gasteiger partial charge is 0.374 e. The number of nitrogens with zero attached hydrogens (tertiary/aromatic N) is 1. The summed E-state index contributed by atoms with van der Waals surface area (Å²) in [5, 5.41) is 2.43. The summed E-state index contributed by atoms with van der Waals surface area (Å²) >= 11 is 0. The average Bonchev–Trinajstić information content (AvgIpc) is 2.76. The van der Waals surface area contributed by atoms with Crippen LogP contribution < -0.4 is 5.32 Å². The minimum absolute atomic E-state index is 0.00427. The maximum Gasteiger partial charge on any atom is 0.325 e. The number of carbonyl (C=O) groups excluding carboxylic acids is 2. The van der Waals surface area contributed by atoms with E-state index in [4.69, 9.17) is 11.2 Å². The van der Waals surface area contributed by atoms with Gasteiger partial charge in [-0.2, -0.15) is 0 Å². The fourth-order valence-corrected chi connectivity index (χ4v) is 1.81. The van der Waals surface area contributed by atoms with Crippen molar-refractivity contribution in [2.45, 2.75) is 12.6 Å². The molecule has 1 aliphatic heterocycles. The van der Waals surface area contributed by atoms with E-state index in [0.717, 1.165) is 10.5 Å². The zero-order chi connectivity index (χ0) is 13.7. The number of hydrogen-bond acceptors (Lipinski definition) is 3. The molecule has 1 heterocycles. The van der Waals surface area contributed by atoms with Gasteiger partial charge in [0.15, 0.2) is 0 Å². The van der Waals surface area contributed by atoms with Crippen molar-refractivity contribution >= 4 is 11.9 Å². The summed E-state index contributed by atoms with van der Waals surface area (Å²) in [5.74, 6) is 2.09. The molecule has 0 saturated carbocycles. The third kappa shape index (κ3) is 3.12. The molecule has 1 atom stereocenters. The van der Waals surface area contributed by atoms with E-state index in [1.807, 2.05) is 30.3 Å². The van der Waals surface area contributed by atoms with Crippen LogP contribution in [-0.4, -0.2) is 36.0 Å². The van der Waals surface area contributed by atoms with E-state index in [-0.39, 0.29) is 19.1 Å². The molecule has 19 heavy (non-hydrogen) atoms. The quantitative estimate of drug-likeness (QED) is 0.626. The van der Waals surface area contributed by atoms with Gasteiger partial charge in [-0.15, -0.1) is 6.42 Å². The normalized spacial score (nSPS) is 16.1. The van der Waals surface area contributed by atoms with Crippen molar-refractivity contribution in [3.63, 3.8) is 0 Å². The van der Waals surface area contributed by atoms with Gasteiger partial charge in [0.25, 0.3) is 5.91 Å². The molecule has 98 valence electrons. The molecule has 1 N–H and O–H groups in total. The van der Waals surface area contributed by atoms with Crippen LogP contribution in [0.15, 0.2) is 30.3 Å². The zero-order valence-electron chi connectivity index (χ0n) is 10.3. The Morgan fingerprint density at radius 2 is 2.11 bits per heavy atom. The first kappa shape index (κ1) is 13.1. The number of carbonyl (C=O) groups is 2. The van der Waals surface area contributed by atoms with Crippen LogP contribution in [0, 0.1) is 12.3 Å². The summed E-state index contributed by atoms with van der Waals surface area (Å²) in [6.45, 7) is 0.517. The van der Waals surface area contributed by atoms with Crippen molar-refractivity contribution in [2.75, 3.05) is 13.2 Å². The summed E-state index contributed by atoms with van der Waals surface area (Å²) in [6, 6.07) is 8.47. The van der Waals surface area contributed by atoms with Crippen LogP contribution >= 0.6 is 0 Å². The van der Waals surface area contributed by atoms with Crippen LogP contribution in [0.3, 0.4) is 0 Å². The smallest absolute Gasteiger partial charge is 0.325 e. The van der Waals surface area contributed by atoms with Gasteiger partial charge in [-0.25, -0.2) is 9.69 Å². The number of rotatable bonds is 5. The Bertz CT molecular complexity index is 491. The second-order valence-electron chi connectivity index (χ2n) is 4.11. The van der Waals surface area contributed by atoms with E-state index in [1.54, 1.807) is 0 Å².